The molecule has 0 aromatic heterocycles. The molecule has 362 valence electrons. The Morgan fingerprint density at radius 2 is 1.10 bits per heavy atom. The minimum absolute atomic E-state index is 0.104. The second-order valence-electron chi connectivity index (χ2n) is 17.7. The van der Waals surface area contributed by atoms with E-state index in [-0.39, 0.29) is 19.4 Å². The average molecular weight is 899 g/mol. The van der Waals surface area contributed by atoms with E-state index in [2.05, 4.69) is 51.2 Å². The van der Waals surface area contributed by atoms with E-state index in [0.29, 0.717) is 31.5 Å². The molecule has 1 rings (SSSR count). The summed E-state index contributed by atoms with van der Waals surface area (Å²) in [4.78, 5) is 35.1. The van der Waals surface area contributed by atoms with E-state index in [1.54, 1.807) is 0 Å². The normalized spacial score (nSPS) is 17.3. The third kappa shape index (κ3) is 38.6. The van der Waals surface area contributed by atoms with Crippen molar-refractivity contribution in [3.8, 4) is 0 Å². The van der Waals surface area contributed by atoms with Gasteiger partial charge in [0.1, 0.15) is 12.7 Å². The summed E-state index contributed by atoms with van der Waals surface area (Å²) in [7, 11) is -4.64. The molecule has 1 saturated heterocycles. The van der Waals surface area contributed by atoms with Crippen LogP contribution in [0.1, 0.15) is 213 Å². The highest BCUT2D eigenvalue weighted by molar-refractivity contribution is 7.47. The fourth-order valence-corrected chi connectivity index (χ4v) is 7.94. The number of hydrogen-bond donors (Lipinski definition) is 3. The number of ether oxygens (including phenoxy) is 3. The van der Waals surface area contributed by atoms with Crippen LogP contribution in [0.15, 0.2) is 36.5 Å². The monoisotopic (exact) mass is 899 g/mol. The van der Waals surface area contributed by atoms with Crippen LogP contribution in [0.25, 0.3) is 0 Å². The van der Waals surface area contributed by atoms with Gasteiger partial charge >= 0.3 is 19.8 Å². The number of unbranched alkanes of at least 4 members (excludes halogenated alkanes) is 21. The van der Waals surface area contributed by atoms with Crippen molar-refractivity contribution in [1.29, 1.82) is 0 Å². The summed E-state index contributed by atoms with van der Waals surface area (Å²) < 4.78 is 38.5. The molecule has 0 radical (unpaired) electrons. The number of rotatable bonds is 45. The Labute approximate surface area is 377 Å². The minimum Gasteiger partial charge on any atom is -0.462 e. The van der Waals surface area contributed by atoms with Gasteiger partial charge in [-0.25, -0.2) is 4.57 Å². The number of aliphatic hydroxyl groups excluding tert-OH is 2. The largest absolute Gasteiger partial charge is 0.472 e. The molecule has 1 heterocycles. The van der Waals surface area contributed by atoms with E-state index < -0.39 is 51.8 Å². The molecular formula is C50H91O11P. The van der Waals surface area contributed by atoms with Crippen LogP contribution in [0.2, 0.25) is 0 Å². The van der Waals surface area contributed by atoms with Gasteiger partial charge in [-0.1, -0.05) is 186 Å². The van der Waals surface area contributed by atoms with Crippen LogP contribution in [0, 0.1) is 5.92 Å². The highest BCUT2D eigenvalue weighted by Gasteiger charge is 2.36. The Kier molecular flexibility index (Phi) is 38.1. The molecule has 5 atom stereocenters. The summed E-state index contributed by atoms with van der Waals surface area (Å²) in [5, 5.41) is 18.4. The van der Waals surface area contributed by atoms with Gasteiger partial charge in [-0.3, -0.25) is 18.6 Å². The van der Waals surface area contributed by atoms with Gasteiger partial charge in [0, 0.05) is 12.8 Å². The lowest BCUT2D eigenvalue weighted by Gasteiger charge is -2.20. The van der Waals surface area contributed by atoms with Crippen LogP contribution in [0.3, 0.4) is 0 Å². The highest BCUT2D eigenvalue weighted by Crippen LogP contribution is 2.43. The summed E-state index contributed by atoms with van der Waals surface area (Å²) in [5.41, 5.74) is 0. The maximum absolute atomic E-state index is 12.7. The second-order valence-corrected chi connectivity index (χ2v) is 19.2. The Morgan fingerprint density at radius 1 is 0.613 bits per heavy atom. The Morgan fingerprint density at radius 3 is 1.66 bits per heavy atom. The van der Waals surface area contributed by atoms with Gasteiger partial charge in [-0.15, -0.1) is 0 Å². The number of carbonyl (C=O) groups excluding carboxylic acids is 2. The highest BCUT2D eigenvalue weighted by atomic mass is 31.2. The van der Waals surface area contributed by atoms with E-state index in [4.69, 9.17) is 28.4 Å². The molecule has 12 heteroatoms. The quantitative estimate of drug-likeness (QED) is 0.0175. The zero-order valence-corrected chi connectivity index (χ0v) is 40.3. The van der Waals surface area contributed by atoms with Crippen LogP contribution >= 0.6 is 7.82 Å². The summed E-state index contributed by atoms with van der Waals surface area (Å²) in [6, 6.07) is 0. The molecule has 62 heavy (non-hydrogen) atoms. The Balaban J connectivity index is 2.21. The molecule has 0 saturated carbocycles. The number of aliphatic hydroxyl groups is 2. The van der Waals surface area contributed by atoms with Gasteiger partial charge in [0.25, 0.3) is 0 Å². The topological polar surface area (TPSA) is 161 Å². The van der Waals surface area contributed by atoms with Gasteiger partial charge in [0.05, 0.1) is 32.0 Å². The predicted octanol–water partition coefficient (Wildman–Crippen LogP) is 12.7. The number of esters is 2. The third-order valence-corrected chi connectivity index (χ3v) is 12.1. The third-order valence-electron chi connectivity index (χ3n) is 11.1. The zero-order chi connectivity index (χ0) is 45.4. The van der Waals surface area contributed by atoms with E-state index in [1.165, 1.54) is 116 Å². The first-order chi connectivity index (χ1) is 30.1. The van der Waals surface area contributed by atoms with Crippen LogP contribution < -0.4 is 0 Å². The number of carbonyl (C=O) groups is 2. The molecule has 3 unspecified atom stereocenters. The Hall–Kier alpha value is -1.85. The number of phosphoric acid groups is 1. The summed E-state index contributed by atoms with van der Waals surface area (Å²) >= 11 is 0. The van der Waals surface area contributed by atoms with Crippen molar-refractivity contribution in [2.24, 2.45) is 5.92 Å². The van der Waals surface area contributed by atoms with Gasteiger partial charge in [0.2, 0.25) is 0 Å². The van der Waals surface area contributed by atoms with Gasteiger partial charge < -0.3 is 29.3 Å². The average Bonchev–Trinajstić information content (AvgIpc) is 4.01. The standard InChI is InChI=1S/C50H91O11P/c1-4-5-6-7-26-31-36-47-48(61-47)37-32-27-22-20-24-29-34-39-50(54)60-46(43-59-62(55,56)58-41-45(52)40-51)42-57-49(53)38-33-28-23-19-17-15-13-11-9-8-10-12-14-16-18-21-25-30-35-44(2)3/h20,24,26-27,31-32,44-48,51-52H,4-19,21-23,25,28-30,33-43H2,1-3H3,(H,55,56)/b24-20-,31-26-,32-27-/t45-,46+,47?,48?/m0/s1. The number of hydrogen-bond acceptors (Lipinski definition) is 10. The maximum Gasteiger partial charge on any atom is 0.472 e. The molecule has 1 aliphatic rings. The first-order valence-electron chi connectivity index (χ1n) is 24.9. The van der Waals surface area contributed by atoms with E-state index in [9.17, 15) is 24.2 Å². The lowest BCUT2D eigenvalue weighted by atomic mass is 10.0. The zero-order valence-electron chi connectivity index (χ0n) is 39.4. The lowest BCUT2D eigenvalue weighted by Crippen LogP contribution is -2.29. The molecule has 3 N–H and O–H groups in total. The molecule has 11 nitrogen and oxygen atoms in total. The van der Waals surface area contributed by atoms with Crippen molar-refractivity contribution >= 4 is 19.8 Å². The molecule has 0 bridgehead atoms. The van der Waals surface area contributed by atoms with Crippen LogP contribution in [0.4, 0.5) is 0 Å². The summed E-state index contributed by atoms with van der Waals surface area (Å²) in [6.07, 6.45) is 44.4. The Bertz CT molecular complexity index is 1210. The number of epoxide rings is 1. The van der Waals surface area contributed by atoms with E-state index >= 15 is 0 Å². The summed E-state index contributed by atoms with van der Waals surface area (Å²) in [5.74, 6) is -0.148. The van der Waals surface area contributed by atoms with Crippen molar-refractivity contribution in [2.45, 2.75) is 238 Å². The van der Waals surface area contributed by atoms with Crippen molar-refractivity contribution in [1.82, 2.24) is 0 Å². The number of phosphoric ester groups is 1. The lowest BCUT2D eigenvalue weighted by molar-refractivity contribution is -0.161. The van der Waals surface area contributed by atoms with Crippen molar-refractivity contribution < 1.29 is 52.5 Å². The van der Waals surface area contributed by atoms with Crippen LogP contribution in [-0.4, -0.2) is 77.9 Å². The molecule has 0 aromatic rings. The van der Waals surface area contributed by atoms with Crippen molar-refractivity contribution in [2.75, 3.05) is 26.4 Å². The maximum atomic E-state index is 12.7. The fraction of sp³-hybridized carbons (Fsp3) is 0.840. The first kappa shape index (κ1) is 58.2. The molecule has 1 fully saturated rings. The summed E-state index contributed by atoms with van der Waals surface area (Å²) in [6.45, 7) is 4.66. The molecular weight excluding hydrogens is 808 g/mol. The van der Waals surface area contributed by atoms with Crippen molar-refractivity contribution in [3.63, 3.8) is 0 Å². The molecule has 0 aliphatic carbocycles. The molecule has 0 aromatic carbocycles. The van der Waals surface area contributed by atoms with Gasteiger partial charge in [-0.2, -0.15) is 0 Å². The molecule has 1 aliphatic heterocycles. The molecule has 0 spiro atoms. The van der Waals surface area contributed by atoms with Crippen molar-refractivity contribution in [3.05, 3.63) is 36.5 Å². The fourth-order valence-electron chi connectivity index (χ4n) is 7.15. The number of allylic oxidation sites excluding steroid dienone is 4. The van der Waals surface area contributed by atoms with Gasteiger partial charge in [0.15, 0.2) is 6.10 Å². The SMILES string of the molecule is CCCCC/C=C\CC1OC1C/C=C\C/C=C\CCCC(=O)O[C@H](COC(=O)CCCCCCCCCCCCCCCCCCCCC(C)C)COP(=O)(O)OC[C@@H](O)CO. The molecule has 0 amide bonds. The van der Waals surface area contributed by atoms with Crippen LogP contribution in [0.5, 0.6) is 0 Å². The minimum atomic E-state index is -4.64. The van der Waals surface area contributed by atoms with Crippen LogP contribution in [-0.2, 0) is 37.4 Å². The smallest absolute Gasteiger partial charge is 0.462 e. The predicted molar refractivity (Wildman–Crippen MR) is 251 cm³/mol. The van der Waals surface area contributed by atoms with Gasteiger partial charge in [-0.05, 0) is 57.3 Å². The van der Waals surface area contributed by atoms with E-state index in [1.807, 2.05) is 6.08 Å². The second kappa shape index (κ2) is 40.6. The first-order valence-corrected chi connectivity index (χ1v) is 26.4. The van der Waals surface area contributed by atoms with E-state index in [0.717, 1.165) is 50.9 Å².